The number of rotatable bonds is 11. The van der Waals surface area contributed by atoms with Gasteiger partial charge in [-0.25, -0.2) is 4.79 Å². The molecule has 6 nitrogen and oxygen atoms in total. The number of alkyl halides is 9. The molecule has 1 aliphatic heterocycles. The van der Waals surface area contributed by atoms with Crippen LogP contribution in [0, 0.1) is 17.8 Å². The maximum Gasteiger partial charge on any atom is 0.573 e. The van der Waals surface area contributed by atoms with E-state index in [0.717, 1.165) is 49.1 Å². The van der Waals surface area contributed by atoms with Crippen molar-refractivity contribution in [3.63, 3.8) is 0 Å². The molecule has 3 atom stereocenters. The van der Waals surface area contributed by atoms with E-state index in [1.54, 1.807) is 0 Å². The second-order valence-corrected chi connectivity index (χ2v) is 12.6. The zero-order valence-electron chi connectivity index (χ0n) is 26.1. The van der Waals surface area contributed by atoms with Gasteiger partial charge in [-0.3, -0.25) is 9.69 Å². The van der Waals surface area contributed by atoms with E-state index in [1.807, 2.05) is 6.92 Å². The Balaban J connectivity index is 1.57. The van der Waals surface area contributed by atoms with Crippen LogP contribution in [0.4, 0.5) is 44.3 Å². The quantitative estimate of drug-likeness (QED) is 0.237. The second kappa shape index (κ2) is 14.5. The van der Waals surface area contributed by atoms with Crippen molar-refractivity contribution in [1.29, 1.82) is 0 Å². The molecule has 1 aliphatic carbocycles. The van der Waals surface area contributed by atoms with Gasteiger partial charge in [-0.1, -0.05) is 19.4 Å². The van der Waals surface area contributed by atoms with E-state index in [1.165, 1.54) is 13.0 Å². The molecule has 2 aliphatic rings. The number of carboxylic acid groups (broad SMARTS) is 1. The molecule has 0 spiro atoms. The molecule has 15 heteroatoms. The summed E-state index contributed by atoms with van der Waals surface area (Å²) in [5.74, 6) is -0.710. The third-order valence-electron chi connectivity index (χ3n) is 9.41. The van der Waals surface area contributed by atoms with Crippen molar-refractivity contribution in [3.05, 3.63) is 64.2 Å². The fourth-order valence-electron chi connectivity index (χ4n) is 6.90. The van der Waals surface area contributed by atoms with Gasteiger partial charge in [0.05, 0.1) is 17.2 Å². The third-order valence-corrected chi connectivity index (χ3v) is 9.41. The first-order chi connectivity index (χ1) is 22.2. The summed E-state index contributed by atoms with van der Waals surface area (Å²) in [6, 6.07) is 3.53. The van der Waals surface area contributed by atoms with E-state index in [9.17, 15) is 49.1 Å². The maximum absolute atomic E-state index is 13.5. The monoisotopic (exact) mass is 697 g/mol. The molecule has 0 aromatic heterocycles. The molecule has 48 heavy (non-hydrogen) atoms. The summed E-state index contributed by atoms with van der Waals surface area (Å²) in [7, 11) is 0. The molecule has 1 saturated carbocycles. The van der Waals surface area contributed by atoms with E-state index in [4.69, 9.17) is 9.84 Å². The zero-order valence-corrected chi connectivity index (χ0v) is 26.1. The first kappa shape index (κ1) is 37.2. The van der Waals surface area contributed by atoms with Crippen LogP contribution in [0.3, 0.4) is 0 Å². The van der Waals surface area contributed by atoms with Gasteiger partial charge >= 0.3 is 30.8 Å². The number of carbonyl (C=O) groups is 2. The molecule has 1 saturated heterocycles. The van der Waals surface area contributed by atoms with Gasteiger partial charge in [0.1, 0.15) is 11.9 Å². The Bertz CT molecular complexity index is 1420. The summed E-state index contributed by atoms with van der Waals surface area (Å²) in [5, 5.41) is 9.11. The van der Waals surface area contributed by atoms with Gasteiger partial charge in [0, 0.05) is 13.0 Å². The lowest BCUT2D eigenvalue weighted by Gasteiger charge is -2.33. The van der Waals surface area contributed by atoms with E-state index in [0.29, 0.717) is 36.5 Å². The molecule has 1 heterocycles. The number of ether oxygens (including phenoxy) is 2. The minimum Gasteiger partial charge on any atom is -0.481 e. The van der Waals surface area contributed by atoms with Gasteiger partial charge in [-0.2, -0.15) is 26.3 Å². The SMILES string of the molecule is CC[C@H](CCc1ccc(OC(F)(F)F)cc1CN1C(=O)O[C@H](c2cc(C(F)(F)F)cc(C(F)(F)F)c2)[C@@H]1C)C1CCC(CC(=O)O)CC1. The van der Waals surface area contributed by atoms with Gasteiger partial charge in [-0.05, 0) is 110 Å². The van der Waals surface area contributed by atoms with E-state index in [2.05, 4.69) is 4.74 Å². The van der Waals surface area contributed by atoms with Crippen molar-refractivity contribution in [2.45, 2.75) is 103 Å². The highest BCUT2D eigenvalue weighted by Gasteiger charge is 2.43. The molecule has 2 fully saturated rings. The molecule has 1 amide bonds. The van der Waals surface area contributed by atoms with Gasteiger partial charge < -0.3 is 14.6 Å². The van der Waals surface area contributed by atoms with Crippen LogP contribution in [0.15, 0.2) is 36.4 Å². The molecule has 0 unspecified atom stereocenters. The third kappa shape index (κ3) is 9.49. The van der Waals surface area contributed by atoms with Crippen molar-refractivity contribution in [3.8, 4) is 5.75 Å². The first-order valence-electron chi connectivity index (χ1n) is 15.6. The average molecular weight is 698 g/mol. The largest absolute Gasteiger partial charge is 0.573 e. The topological polar surface area (TPSA) is 76.1 Å². The number of hydrogen-bond acceptors (Lipinski definition) is 4. The number of carboxylic acids is 1. The predicted octanol–water partition coefficient (Wildman–Crippen LogP) is 9.94. The van der Waals surface area contributed by atoms with Crippen molar-refractivity contribution < 1.29 is 63.7 Å². The van der Waals surface area contributed by atoms with Gasteiger partial charge in [-0.15, -0.1) is 13.2 Å². The van der Waals surface area contributed by atoms with Crippen LogP contribution < -0.4 is 4.74 Å². The number of halogens is 9. The highest BCUT2D eigenvalue weighted by molar-refractivity contribution is 5.71. The Kier molecular flexibility index (Phi) is 11.2. The van der Waals surface area contributed by atoms with E-state index < -0.39 is 65.4 Å². The van der Waals surface area contributed by atoms with Crippen LogP contribution in [0.5, 0.6) is 5.75 Å². The minimum atomic E-state index is -5.12. The Morgan fingerprint density at radius 1 is 0.938 bits per heavy atom. The van der Waals surface area contributed by atoms with Crippen LogP contribution >= 0.6 is 0 Å². The minimum absolute atomic E-state index is 0.0353. The lowest BCUT2D eigenvalue weighted by Crippen LogP contribution is -2.32. The highest BCUT2D eigenvalue weighted by Crippen LogP contribution is 2.42. The van der Waals surface area contributed by atoms with Crippen molar-refractivity contribution >= 4 is 12.1 Å². The van der Waals surface area contributed by atoms with Crippen molar-refractivity contribution in [1.82, 2.24) is 4.90 Å². The number of carbonyl (C=O) groups excluding carboxylic acids is 1. The highest BCUT2D eigenvalue weighted by atomic mass is 19.4. The van der Waals surface area contributed by atoms with E-state index >= 15 is 0 Å². The number of cyclic esters (lactones) is 1. The van der Waals surface area contributed by atoms with Crippen molar-refractivity contribution in [2.24, 2.45) is 17.8 Å². The number of benzene rings is 2. The molecule has 0 bridgehead atoms. The van der Waals surface area contributed by atoms with E-state index in [-0.39, 0.29) is 36.4 Å². The number of amides is 1. The Morgan fingerprint density at radius 3 is 2.06 bits per heavy atom. The van der Waals surface area contributed by atoms with Gasteiger partial charge in [0.25, 0.3) is 0 Å². The van der Waals surface area contributed by atoms with Gasteiger partial charge in [0.15, 0.2) is 0 Å². The first-order valence-corrected chi connectivity index (χ1v) is 15.6. The number of aliphatic carboxylic acids is 1. The summed E-state index contributed by atoms with van der Waals surface area (Å²) in [6.07, 6.45) is -12.6. The van der Waals surface area contributed by atoms with Crippen molar-refractivity contribution in [2.75, 3.05) is 0 Å². The van der Waals surface area contributed by atoms with Crippen LogP contribution in [-0.2, 0) is 34.8 Å². The Morgan fingerprint density at radius 2 is 1.54 bits per heavy atom. The molecule has 4 rings (SSSR count). The van der Waals surface area contributed by atoms with Crippen LogP contribution in [0.2, 0.25) is 0 Å². The molecule has 1 N–H and O–H groups in total. The summed E-state index contributed by atoms with van der Waals surface area (Å²) >= 11 is 0. The lowest BCUT2D eigenvalue weighted by atomic mass is 9.72. The normalized spacial score (nSPS) is 22.8. The molecule has 266 valence electrons. The predicted molar refractivity (Wildman–Crippen MR) is 154 cm³/mol. The number of nitrogens with zero attached hydrogens (tertiary/aromatic N) is 1. The molecular weight excluding hydrogens is 661 g/mol. The summed E-state index contributed by atoms with van der Waals surface area (Å²) in [6.45, 7) is 3.05. The van der Waals surface area contributed by atoms with Crippen LogP contribution in [0.1, 0.15) is 92.7 Å². The smallest absolute Gasteiger partial charge is 0.481 e. The van der Waals surface area contributed by atoms with Crippen LogP contribution in [-0.4, -0.2) is 34.5 Å². The fourth-order valence-corrected chi connectivity index (χ4v) is 6.90. The zero-order chi connectivity index (χ0) is 35.6. The molecular formula is C33H36F9NO5. The lowest BCUT2D eigenvalue weighted by molar-refractivity contribution is -0.274. The second-order valence-electron chi connectivity index (χ2n) is 12.6. The molecule has 0 radical (unpaired) electrons. The number of aryl methyl sites for hydroxylation is 1. The fraction of sp³-hybridized carbons (Fsp3) is 0.576. The Hall–Kier alpha value is -3.65. The van der Waals surface area contributed by atoms with Crippen LogP contribution in [0.25, 0.3) is 0 Å². The number of hydrogen-bond donors (Lipinski definition) is 1. The molecule has 2 aromatic rings. The Labute approximate surface area is 271 Å². The summed E-state index contributed by atoms with van der Waals surface area (Å²) in [5.41, 5.74) is -2.84. The van der Waals surface area contributed by atoms with Gasteiger partial charge in [0.2, 0.25) is 0 Å². The summed E-state index contributed by atoms with van der Waals surface area (Å²) < 4.78 is 130. The standard InChI is InChI=1S/C33H36F9NO5/c1-3-20(21-6-4-19(5-7-21)12-28(44)45)8-9-22-10-11-27(48-33(40,41)42)15-24(22)17-43-18(2)29(47-30(43)46)23-13-25(31(34,35)36)16-26(14-23)32(37,38)39/h10-11,13-16,18-21,29H,3-9,12,17H2,1-2H3,(H,44,45)/t18-,19?,20+,21?,29-/m0/s1. The summed E-state index contributed by atoms with van der Waals surface area (Å²) in [4.78, 5) is 25.1. The maximum atomic E-state index is 13.5. The molecule has 2 aromatic carbocycles. The average Bonchev–Trinajstić information content (AvgIpc) is 3.25.